The zero-order valence-corrected chi connectivity index (χ0v) is 18.4. The Labute approximate surface area is 192 Å². The number of rotatable bonds is 6. The summed E-state index contributed by atoms with van der Waals surface area (Å²) in [7, 11) is 1.64. The third kappa shape index (κ3) is 4.17. The van der Waals surface area contributed by atoms with E-state index in [4.69, 9.17) is 15.5 Å². The highest BCUT2D eigenvalue weighted by atomic mass is 16.5. The molecule has 7 heteroatoms. The highest BCUT2D eigenvalue weighted by molar-refractivity contribution is 5.93. The number of carbonyl (C=O) groups is 1. The number of nitrogens with two attached hydrogens (primary N) is 1. The van der Waals surface area contributed by atoms with Gasteiger partial charge in [-0.15, -0.1) is 0 Å². The highest BCUT2D eigenvalue weighted by Gasteiger charge is 2.25. The van der Waals surface area contributed by atoms with Crippen LogP contribution in [-0.2, 0) is 19.4 Å². The topological polar surface area (TPSA) is 95.1 Å². The smallest absolute Gasteiger partial charge is 0.265 e. The number of amides is 1. The predicted molar refractivity (Wildman–Crippen MR) is 128 cm³/mol. The molecule has 0 saturated heterocycles. The highest BCUT2D eigenvalue weighted by Crippen LogP contribution is 2.35. The minimum absolute atomic E-state index is 0.449. The van der Waals surface area contributed by atoms with E-state index in [9.17, 15) is 4.79 Å². The number of benzene rings is 2. The van der Waals surface area contributed by atoms with Gasteiger partial charge in [-0.25, -0.2) is 9.97 Å². The van der Waals surface area contributed by atoms with Crippen LogP contribution in [0.15, 0.2) is 66.9 Å². The number of hydrogen-bond acceptors (Lipinski definition) is 5. The van der Waals surface area contributed by atoms with Crippen LogP contribution >= 0.6 is 0 Å². The fraction of sp³-hybridized carbons (Fsp3) is 0.192. The number of fused-ring (bicyclic) bond motifs is 3. The van der Waals surface area contributed by atoms with Crippen molar-refractivity contribution in [2.45, 2.75) is 25.8 Å². The van der Waals surface area contributed by atoms with E-state index in [1.54, 1.807) is 7.11 Å². The van der Waals surface area contributed by atoms with E-state index in [1.807, 2.05) is 71.4 Å². The number of ether oxygens (including phenoxy) is 1. The lowest BCUT2D eigenvalue weighted by Crippen LogP contribution is -2.18. The maximum atomic E-state index is 12.4. The van der Waals surface area contributed by atoms with Crippen LogP contribution in [0.4, 0.5) is 11.6 Å². The van der Waals surface area contributed by atoms with Gasteiger partial charge in [0.2, 0.25) is 5.95 Å². The molecule has 1 amide bonds. The van der Waals surface area contributed by atoms with E-state index >= 15 is 0 Å². The Balaban J connectivity index is 1.61. The number of nitrogens with one attached hydrogen (secondary N) is 1. The van der Waals surface area contributed by atoms with Gasteiger partial charge in [0.15, 0.2) is 0 Å². The van der Waals surface area contributed by atoms with E-state index in [1.165, 1.54) is 0 Å². The average Bonchev–Trinajstić information content (AvgIpc) is 3.09. The molecule has 2 aromatic heterocycles. The van der Waals surface area contributed by atoms with Gasteiger partial charge >= 0.3 is 0 Å². The summed E-state index contributed by atoms with van der Waals surface area (Å²) < 4.78 is 7.27. The number of primary amides is 1. The number of aromatic nitrogens is 3. The molecule has 4 aromatic rings. The number of carbonyl (C=O) groups excluding carboxylic acids is 1. The van der Waals surface area contributed by atoms with Gasteiger partial charge in [-0.2, -0.15) is 0 Å². The number of nitrogens with zero attached hydrogens (tertiary/aromatic N) is 3. The van der Waals surface area contributed by atoms with Gasteiger partial charge in [-0.3, -0.25) is 4.79 Å². The lowest BCUT2D eigenvalue weighted by Gasteiger charge is -2.15. The first-order valence-electron chi connectivity index (χ1n) is 11.0. The van der Waals surface area contributed by atoms with Crippen molar-refractivity contribution in [3.05, 3.63) is 89.2 Å². The third-order valence-electron chi connectivity index (χ3n) is 5.94. The molecule has 33 heavy (non-hydrogen) atoms. The van der Waals surface area contributed by atoms with Gasteiger partial charge in [-0.1, -0.05) is 30.3 Å². The van der Waals surface area contributed by atoms with Crippen molar-refractivity contribution in [1.29, 1.82) is 0 Å². The standard InChI is InChI=1S/C26H25N5O2/c1-33-21-12-10-17(11-13-21)16-31-22(25(27)32)14-18-6-5-7-19-15-28-26(30-23(19)24(18)31)29-20-8-3-2-4-9-20/h2-4,8-15H,5-7,16H2,1H3,(H2,27,32)(H,28,29,30). The SMILES string of the molecule is COc1ccc(Cn2c(C(N)=O)cc3c2-c2nc(Nc4ccccc4)ncc2CCC3)cc1. The molecular weight excluding hydrogens is 414 g/mol. The molecular formula is C26H25N5O2. The van der Waals surface area contributed by atoms with Crippen molar-refractivity contribution in [3.63, 3.8) is 0 Å². The molecule has 7 nitrogen and oxygen atoms in total. The molecule has 1 aliphatic carbocycles. The second-order valence-corrected chi connectivity index (χ2v) is 8.11. The van der Waals surface area contributed by atoms with Crippen LogP contribution in [0, 0.1) is 0 Å². The Morgan fingerprint density at radius 2 is 1.85 bits per heavy atom. The summed E-state index contributed by atoms with van der Waals surface area (Å²) in [5, 5.41) is 3.28. The van der Waals surface area contributed by atoms with Crippen LogP contribution in [0.3, 0.4) is 0 Å². The molecule has 0 aliphatic heterocycles. The van der Waals surface area contributed by atoms with E-state index in [-0.39, 0.29) is 0 Å². The van der Waals surface area contributed by atoms with Gasteiger partial charge in [0.1, 0.15) is 11.4 Å². The molecule has 0 saturated carbocycles. The first-order valence-corrected chi connectivity index (χ1v) is 11.0. The lowest BCUT2D eigenvalue weighted by atomic mass is 10.1. The predicted octanol–water partition coefficient (Wildman–Crippen LogP) is 4.33. The monoisotopic (exact) mass is 439 g/mol. The van der Waals surface area contributed by atoms with Gasteiger partial charge in [-0.05, 0) is 66.3 Å². The summed E-state index contributed by atoms with van der Waals surface area (Å²) in [4.78, 5) is 21.8. The van der Waals surface area contributed by atoms with Crippen molar-refractivity contribution >= 4 is 17.5 Å². The van der Waals surface area contributed by atoms with E-state index in [0.717, 1.165) is 58.8 Å². The van der Waals surface area contributed by atoms with Crippen molar-refractivity contribution in [2.24, 2.45) is 5.73 Å². The molecule has 166 valence electrons. The fourth-order valence-corrected chi connectivity index (χ4v) is 4.33. The molecule has 0 unspecified atom stereocenters. The lowest BCUT2D eigenvalue weighted by molar-refractivity contribution is 0.0992. The van der Waals surface area contributed by atoms with Gasteiger partial charge in [0.05, 0.1) is 18.5 Å². The van der Waals surface area contributed by atoms with Crippen molar-refractivity contribution in [1.82, 2.24) is 14.5 Å². The number of hydrogen-bond donors (Lipinski definition) is 2. The number of anilines is 2. The summed E-state index contributed by atoms with van der Waals surface area (Å²) >= 11 is 0. The van der Waals surface area contributed by atoms with Crippen LogP contribution in [0.25, 0.3) is 11.4 Å². The van der Waals surface area contributed by atoms with Gasteiger partial charge in [0.25, 0.3) is 5.91 Å². The second-order valence-electron chi connectivity index (χ2n) is 8.11. The molecule has 5 rings (SSSR count). The van der Waals surface area contributed by atoms with Crippen LogP contribution in [0.2, 0.25) is 0 Å². The molecule has 0 atom stereocenters. The van der Waals surface area contributed by atoms with Crippen molar-refractivity contribution in [3.8, 4) is 17.1 Å². The first kappa shape index (κ1) is 20.8. The normalized spacial score (nSPS) is 12.4. The summed E-state index contributed by atoms with van der Waals surface area (Å²) in [6, 6.07) is 19.6. The summed E-state index contributed by atoms with van der Waals surface area (Å²) in [5.74, 6) is 0.857. The molecule has 1 aliphatic rings. The van der Waals surface area contributed by atoms with Crippen LogP contribution in [0.5, 0.6) is 5.75 Å². The summed E-state index contributed by atoms with van der Waals surface area (Å²) in [5.41, 5.74) is 12.2. The quantitative estimate of drug-likeness (QED) is 0.466. The molecule has 2 aromatic carbocycles. The van der Waals surface area contributed by atoms with Crippen LogP contribution in [0.1, 0.15) is 33.6 Å². The molecule has 2 heterocycles. The second kappa shape index (κ2) is 8.78. The zero-order valence-electron chi connectivity index (χ0n) is 18.4. The van der Waals surface area contributed by atoms with Gasteiger partial charge in [0, 0.05) is 18.4 Å². The van der Waals surface area contributed by atoms with E-state index in [2.05, 4.69) is 10.3 Å². The van der Waals surface area contributed by atoms with Gasteiger partial charge < -0.3 is 20.4 Å². The Morgan fingerprint density at radius 1 is 1.09 bits per heavy atom. The number of methoxy groups -OCH3 is 1. The van der Waals surface area contributed by atoms with Crippen molar-refractivity contribution < 1.29 is 9.53 Å². The fourth-order valence-electron chi connectivity index (χ4n) is 4.33. The molecule has 3 N–H and O–H groups in total. The molecule has 0 radical (unpaired) electrons. The maximum absolute atomic E-state index is 12.4. The molecule has 0 spiro atoms. The largest absolute Gasteiger partial charge is 0.497 e. The Morgan fingerprint density at radius 3 is 2.58 bits per heavy atom. The zero-order chi connectivity index (χ0) is 22.8. The number of para-hydroxylation sites is 1. The Kier molecular flexibility index (Phi) is 5.52. The van der Waals surface area contributed by atoms with E-state index < -0.39 is 5.91 Å². The van der Waals surface area contributed by atoms with Crippen LogP contribution in [-0.4, -0.2) is 27.6 Å². The summed E-state index contributed by atoms with van der Waals surface area (Å²) in [6.07, 6.45) is 4.57. The minimum atomic E-state index is -0.449. The third-order valence-corrected chi connectivity index (χ3v) is 5.94. The minimum Gasteiger partial charge on any atom is -0.497 e. The molecule has 0 fully saturated rings. The molecule has 0 bridgehead atoms. The Hall–Kier alpha value is -4.13. The first-order chi connectivity index (χ1) is 16.1. The number of aryl methyl sites for hydroxylation is 2. The summed E-state index contributed by atoms with van der Waals surface area (Å²) in [6.45, 7) is 0.502. The van der Waals surface area contributed by atoms with Crippen molar-refractivity contribution in [2.75, 3.05) is 12.4 Å². The Bertz CT molecular complexity index is 1300. The maximum Gasteiger partial charge on any atom is 0.265 e. The van der Waals surface area contributed by atoms with E-state index in [0.29, 0.717) is 18.2 Å². The van der Waals surface area contributed by atoms with Crippen LogP contribution < -0.4 is 15.8 Å². The average molecular weight is 440 g/mol.